The summed E-state index contributed by atoms with van der Waals surface area (Å²) in [6, 6.07) is 12.8. The third-order valence-electron chi connectivity index (χ3n) is 3.79. The molecule has 0 aliphatic heterocycles. The van der Waals surface area contributed by atoms with Gasteiger partial charge in [-0.1, -0.05) is 34.1 Å². The van der Waals surface area contributed by atoms with Gasteiger partial charge < -0.3 is 10.6 Å². The van der Waals surface area contributed by atoms with Crippen LogP contribution in [0, 0.1) is 20.8 Å². The molecule has 0 spiro atoms. The van der Waals surface area contributed by atoms with E-state index in [2.05, 4.69) is 78.5 Å². The van der Waals surface area contributed by atoms with E-state index in [1.54, 1.807) is 0 Å². The molecule has 0 saturated carbocycles. The van der Waals surface area contributed by atoms with Crippen molar-refractivity contribution in [1.82, 2.24) is 5.32 Å². The molecule has 0 bridgehead atoms. The molecular weight excluding hydrogens is 356 g/mol. The van der Waals surface area contributed by atoms with Gasteiger partial charge in [0.1, 0.15) is 0 Å². The number of aryl methyl sites for hydroxylation is 3. The summed E-state index contributed by atoms with van der Waals surface area (Å²) in [5.41, 5.74) is 6.01. The van der Waals surface area contributed by atoms with Gasteiger partial charge in [0.25, 0.3) is 0 Å². The highest BCUT2D eigenvalue weighted by molar-refractivity contribution is 9.10. The van der Waals surface area contributed by atoms with E-state index in [1.165, 1.54) is 22.3 Å². The minimum atomic E-state index is 0.163. The van der Waals surface area contributed by atoms with Gasteiger partial charge in [-0.25, -0.2) is 0 Å². The van der Waals surface area contributed by atoms with E-state index in [4.69, 9.17) is 12.2 Å². The van der Waals surface area contributed by atoms with Gasteiger partial charge in [0, 0.05) is 10.2 Å². The molecule has 116 valence electrons. The lowest BCUT2D eigenvalue weighted by Gasteiger charge is -2.18. The van der Waals surface area contributed by atoms with Crippen molar-refractivity contribution >= 4 is 38.9 Å². The first kappa shape index (κ1) is 17.0. The minimum absolute atomic E-state index is 0.163. The molecule has 4 heteroatoms. The molecule has 1 atom stereocenters. The molecule has 0 heterocycles. The van der Waals surface area contributed by atoms with Crippen LogP contribution in [0.15, 0.2) is 40.9 Å². The van der Waals surface area contributed by atoms with Crippen molar-refractivity contribution in [2.45, 2.75) is 33.7 Å². The van der Waals surface area contributed by atoms with Crippen LogP contribution in [0.4, 0.5) is 5.69 Å². The van der Waals surface area contributed by atoms with Crippen LogP contribution >= 0.6 is 28.1 Å². The molecule has 0 aliphatic carbocycles. The van der Waals surface area contributed by atoms with Gasteiger partial charge in [-0.3, -0.25) is 0 Å². The normalized spacial score (nSPS) is 11.9. The summed E-state index contributed by atoms with van der Waals surface area (Å²) in [4.78, 5) is 0. The molecule has 2 nitrogen and oxygen atoms in total. The fourth-order valence-corrected chi connectivity index (χ4v) is 2.74. The third kappa shape index (κ3) is 4.31. The SMILES string of the molecule is Cc1ccc([C@H](C)NC(=S)Nc2ccc(Br)c(C)c2)cc1C. The van der Waals surface area contributed by atoms with Crippen molar-refractivity contribution in [3.63, 3.8) is 0 Å². The van der Waals surface area contributed by atoms with Crippen molar-refractivity contribution in [2.75, 3.05) is 5.32 Å². The first-order chi connectivity index (χ1) is 10.4. The summed E-state index contributed by atoms with van der Waals surface area (Å²) >= 11 is 8.92. The minimum Gasteiger partial charge on any atom is -0.356 e. The number of thiocarbonyl (C=S) groups is 1. The summed E-state index contributed by atoms with van der Waals surface area (Å²) in [6.07, 6.45) is 0. The quantitative estimate of drug-likeness (QED) is 0.699. The van der Waals surface area contributed by atoms with Crippen LogP contribution in [-0.4, -0.2) is 5.11 Å². The zero-order valence-corrected chi connectivity index (χ0v) is 15.7. The van der Waals surface area contributed by atoms with Crippen molar-refractivity contribution < 1.29 is 0 Å². The molecule has 0 amide bonds. The zero-order chi connectivity index (χ0) is 16.3. The Morgan fingerprint density at radius 2 is 1.73 bits per heavy atom. The van der Waals surface area contributed by atoms with Gasteiger partial charge in [0.2, 0.25) is 0 Å². The Bertz CT molecular complexity index is 697. The molecule has 0 aromatic heterocycles. The largest absolute Gasteiger partial charge is 0.356 e. The Morgan fingerprint density at radius 3 is 2.36 bits per heavy atom. The molecule has 2 aromatic rings. The second-order valence-electron chi connectivity index (χ2n) is 5.63. The first-order valence-corrected chi connectivity index (χ1v) is 8.48. The first-order valence-electron chi connectivity index (χ1n) is 7.27. The Hall–Kier alpha value is -1.39. The molecule has 2 N–H and O–H groups in total. The number of anilines is 1. The molecular formula is C18H21BrN2S. The summed E-state index contributed by atoms with van der Waals surface area (Å²) in [6.45, 7) is 8.43. The van der Waals surface area contributed by atoms with Crippen LogP contribution in [0.2, 0.25) is 0 Å². The Morgan fingerprint density at radius 1 is 1.00 bits per heavy atom. The number of nitrogens with one attached hydrogen (secondary N) is 2. The molecule has 0 radical (unpaired) electrons. The van der Waals surface area contributed by atoms with Crippen LogP contribution in [-0.2, 0) is 0 Å². The van der Waals surface area contributed by atoms with Crippen molar-refractivity contribution in [3.8, 4) is 0 Å². The summed E-state index contributed by atoms with van der Waals surface area (Å²) < 4.78 is 1.10. The zero-order valence-electron chi connectivity index (χ0n) is 13.3. The molecule has 0 saturated heterocycles. The van der Waals surface area contributed by atoms with E-state index in [-0.39, 0.29) is 6.04 Å². The van der Waals surface area contributed by atoms with E-state index in [9.17, 15) is 0 Å². The molecule has 0 unspecified atom stereocenters. The molecule has 2 aromatic carbocycles. The number of benzene rings is 2. The fourth-order valence-electron chi connectivity index (χ4n) is 2.20. The van der Waals surface area contributed by atoms with Crippen molar-refractivity contribution in [2.24, 2.45) is 0 Å². The number of halogens is 1. The van der Waals surface area contributed by atoms with E-state index in [1.807, 2.05) is 12.1 Å². The Balaban J connectivity index is 2.01. The third-order valence-corrected chi connectivity index (χ3v) is 4.90. The maximum atomic E-state index is 5.41. The highest BCUT2D eigenvalue weighted by Crippen LogP contribution is 2.20. The average molecular weight is 377 g/mol. The van der Waals surface area contributed by atoms with Crippen LogP contribution in [0.25, 0.3) is 0 Å². The standard InChI is InChI=1S/C18H21BrN2S/c1-11-5-6-15(9-12(11)2)14(4)20-18(22)21-16-7-8-17(19)13(3)10-16/h5-10,14H,1-4H3,(H2,20,21,22)/t14-/m0/s1. The van der Waals surface area contributed by atoms with Gasteiger partial charge in [-0.15, -0.1) is 0 Å². The van der Waals surface area contributed by atoms with Gasteiger partial charge in [0.15, 0.2) is 5.11 Å². The van der Waals surface area contributed by atoms with E-state index < -0.39 is 0 Å². The smallest absolute Gasteiger partial charge is 0.171 e. The van der Waals surface area contributed by atoms with Crippen molar-refractivity contribution in [1.29, 1.82) is 0 Å². The van der Waals surface area contributed by atoms with Gasteiger partial charge >= 0.3 is 0 Å². The Kier molecular flexibility index (Phi) is 5.59. The predicted molar refractivity (Wildman–Crippen MR) is 103 cm³/mol. The molecule has 22 heavy (non-hydrogen) atoms. The number of hydrogen-bond acceptors (Lipinski definition) is 1. The summed E-state index contributed by atoms with van der Waals surface area (Å²) in [5, 5.41) is 7.20. The van der Waals surface area contributed by atoms with Crippen LogP contribution < -0.4 is 10.6 Å². The topological polar surface area (TPSA) is 24.1 Å². The lowest BCUT2D eigenvalue weighted by molar-refractivity contribution is 0.721. The maximum Gasteiger partial charge on any atom is 0.171 e. The predicted octanol–water partition coefficient (Wildman–Crippen LogP) is 5.42. The van der Waals surface area contributed by atoms with E-state index >= 15 is 0 Å². The lowest BCUT2D eigenvalue weighted by atomic mass is 10.0. The van der Waals surface area contributed by atoms with E-state index in [0.29, 0.717) is 5.11 Å². The highest BCUT2D eigenvalue weighted by Gasteiger charge is 2.08. The van der Waals surface area contributed by atoms with Gasteiger partial charge in [-0.2, -0.15) is 0 Å². The highest BCUT2D eigenvalue weighted by atomic mass is 79.9. The maximum absolute atomic E-state index is 5.41. The molecule has 0 fully saturated rings. The number of hydrogen-bond donors (Lipinski definition) is 2. The average Bonchev–Trinajstić information content (AvgIpc) is 2.45. The second kappa shape index (κ2) is 7.25. The van der Waals surface area contributed by atoms with Gasteiger partial charge in [-0.05, 0) is 80.4 Å². The monoisotopic (exact) mass is 376 g/mol. The van der Waals surface area contributed by atoms with Crippen LogP contribution in [0.3, 0.4) is 0 Å². The van der Waals surface area contributed by atoms with Gasteiger partial charge in [0.05, 0.1) is 6.04 Å². The van der Waals surface area contributed by atoms with Crippen LogP contribution in [0.5, 0.6) is 0 Å². The molecule has 2 rings (SSSR count). The number of rotatable bonds is 3. The summed E-state index contributed by atoms with van der Waals surface area (Å²) in [5.74, 6) is 0. The lowest BCUT2D eigenvalue weighted by Crippen LogP contribution is -2.30. The van der Waals surface area contributed by atoms with E-state index in [0.717, 1.165) is 10.2 Å². The second-order valence-corrected chi connectivity index (χ2v) is 6.89. The molecule has 0 aliphatic rings. The van der Waals surface area contributed by atoms with Crippen LogP contribution in [0.1, 0.15) is 35.2 Å². The fraction of sp³-hybridized carbons (Fsp3) is 0.278. The Labute approximate surface area is 146 Å². The van der Waals surface area contributed by atoms with Crippen molar-refractivity contribution in [3.05, 3.63) is 63.1 Å². The summed E-state index contributed by atoms with van der Waals surface area (Å²) in [7, 11) is 0.